The summed E-state index contributed by atoms with van der Waals surface area (Å²) in [6, 6.07) is 0. The molecule has 0 saturated carbocycles. The van der Waals surface area contributed by atoms with Gasteiger partial charge in [0, 0.05) is 27.7 Å². The maximum absolute atomic E-state index is 11.4. The molecule has 1 aliphatic heterocycles. The summed E-state index contributed by atoms with van der Waals surface area (Å²) in [5, 5.41) is 0. The molecule has 1 unspecified atom stereocenters. The highest BCUT2D eigenvalue weighted by molar-refractivity contribution is 5.69. The van der Waals surface area contributed by atoms with Gasteiger partial charge in [-0.1, -0.05) is 0 Å². The zero-order valence-electron chi connectivity index (χ0n) is 13.6. The van der Waals surface area contributed by atoms with Crippen LogP contribution in [0.2, 0.25) is 0 Å². The standard InChI is InChI=1S/C14H20O9/c1-6-11(20-7(2)15)12(21-8(3)16)13(22-9(4)17)14(19-6)23-10(5)18/h6,11-14H,1-5H3/t6-,11+,12+,13-,14?/m0/s1. The van der Waals surface area contributed by atoms with Crippen LogP contribution in [0, 0.1) is 0 Å². The molecule has 0 spiro atoms. The Kier molecular flexibility index (Phi) is 6.49. The summed E-state index contributed by atoms with van der Waals surface area (Å²) in [6.07, 6.45) is -5.51. The maximum atomic E-state index is 11.4. The van der Waals surface area contributed by atoms with Crippen LogP contribution in [0.4, 0.5) is 0 Å². The van der Waals surface area contributed by atoms with E-state index in [0.29, 0.717) is 0 Å². The second kappa shape index (κ2) is 7.91. The summed E-state index contributed by atoms with van der Waals surface area (Å²) in [5.41, 5.74) is 0. The maximum Gasteiger partial charge on any atom is 0.305 e. The highest BCUT2D eigenvalue weighted by atomic mass is 16.7. The lowest BCUT2D eigenvalue weighted by Crippen LogP contribution is -2.61. The topological polar surface area (TPSA) is 114 Å². The van der Waals surface area contributed by atoms with Crippen molar-refractivity contribution >= 4 is 23.9 Å². The Bertz CT molecular complexity index is 487. The number of carbonyl (C=O) groups excluding carboxylic acids is 4. The van der Waals surface area contributed by atoms with E-state index in [1.165, 1.54) is 6.92 Å². The van der Waals surface area contributed by atoms with E-state index in [9.17, 15) is 19.2 Å². The molecule has 1 rings (SSSR count). The Morgan fingerprint density at radius 2 is 1.04 bits per heavy atom. The fourth-order valence-electron chi connectivity index (χ4n) is 2.23. The Hall–Kier alpha value is -2.16. The van der Waals surface area contributed by atoms with Crippen LogP contribution in [0.15, 0.2) is 0 Å². The van der Waals surface area contributed by atoms with Gasteiger partial charge in [-0.25, -0.2) is 0 Å². The molecule has 0 radical (unpaired) electrons. The zero-order chi connectivity index (χ0) is 17.7. The van der Waals surface area contributed by atoms with Crippen molar-refractivity contribution in [1.29, 1.82) is 0 Å². The van der Waals surface area contributed by atoms with Crippen molar-refractivity contribution in [2.24, 2.45) is 0 Å². The molecule has 0 amide bonds. The van der Waals surface area contributed by atoms with Crippen LogP contribution in [0.1, 0.15) is 34.6 Å². The Morgan fingerprint density at radius 1 is 0.652 bits per heavy atom. The normalized spacial score (nSPS) is 30.0. The summed E-state index contributed by atoms with van der Waals surface area (Å²) in [6.45, 7) is 6.16. The molecule has 9 nitrogen and oxygen atoms in total. The first-order valence-corrected chi connectivity index (χ1v) is 6.96. The van der Waals surface area contributed by atoms with Crippen molar-refractivity contribution in [2.75, 3.05) is 0 Å². The van der Waals surface area contributed by atoms with Gasteiger partial charge < -0.3 is 23.7 Å². The van der Waals surface area contributed by atoms with Gasteiger partial charge in [0.15, 0.2) is 12.2 Å². The molecule has 1 fully saturated rings. The first-order chi connectivity index (χ1) is 10.6. The van der Waals surface area contributed by atoms with Crippen LogP contribution in [0.25, 0.3) is 0 Å². The highest BCUT2D eigenvalue weighted by Gasteiger charge is 2.51. The average molecular weight is 332 g/mol. The van der Waals surface area contributed by atoms with Crippen LogP contribution < -0.4 is 0 Å². The van der Waals surface area contributed by atoms with E-state index < -0.39 is 54.6 Å². The number of ether oxygens (including phenoxy) is 5. The number of esters is 4. The largest absolute Gasteiger partial charge is 0.456 e. The van der Waals surface area contributed by atoms with Crippen molar-refractivity contribution < 1.29 is 42.9 Å². The SMILES string of the molecule is CC(=O)OC1O[C@@H](C)[C@@H](OC(C)=O)[C@@H](OC(C)=O)[C@@H]1OC(C)=O. The predicted octanol–water partition coefficient (Wildman–Crippen LogP) is 0.0894. The van der Waals surface area contributed by atoms with E-state index in [-0.39, 0.29) is 0 Å². The van der Waals surface area contributed by atoms with Crippen LogP contribution >= 0.6 is 0 Å². The van der Waals surface area contributed by atoms with Gasteiger partial charge in [-0.2, -0.15) is 0 Å². The third kappa shape index (κ3) is 5.51. The van der Waals surface area contributed by atoms with Crippen LogP contribution in [-0.2, 0) is 42.9 Å². The molecule has 23 heavy (non-hydrogen) atoms. The first-order valence-electron chi connectivity index (χ1n) is 6.96. The molecule has 0 aromatic heterocycles. The Morgan fingerprint density at radius 3 is 1.48 bits per heavy atom. The summed E-state index contributed by atoms with van der Waals surface area (Å²) in [4.78, 5) is 45.1. The molecule has 5 atom stereocenters. The molecule has 1 aliphatic rings. The van der Waals surface area contributed by atoms with Gasteiger partial charge in [-0.05, 0) is 6.92 Å². The van der Waals surface area contributed by atoms with Gasteiger partial charge in [0.25, 0.3) is 0 Å². The summed E-state index contributed by atoms with van der Waals surface area (Å²) < 4.78 is 25.7. The van der Waals surface area contributed by atoms with Gasteiger partial charge in [-0.15, -0.1) is 0 Å². The molecular weight excluding hydrogens is 312 g/mol. The molecule has 130 valence electrons. The minimum absolute atomic E-state index is 0.630. The first kappa shape index (κ1) is 18.9. The molecule has 1 heterocycles. The minimum atomic E-state index is -1.29. The van der Waals surface area contributed by atoms with Crippen LogP contribution in [-0.4, -0.2) is 54.6 Å². The van der Waals surface area contributed by atoms with Gasteiger partial charge in [-0.3, -0.25) is 19.2 Å². The summed E-state index contributed by atoms with van der Waals surface area (Å²) in [5.74, 6) is -2.69. The monoisotopic (exact) mass is 332 g/mol. The molecule has 0 aromatic rings. The fourth-order valence-corrected chi connectivity index (χ4v) is 2.23. The van der Waals surface area contributed by atoms with Crippen LogP contribution in [0.3, 0.4) is 0 Å². The minimum Gasteiger partial charge on any atom is -0.456 e. The van der Waals surface area contributed by atoms with E-state index in [0.717, 1.165) is 20.8 Å². The van der Waals surface area contributed by atoms with Crippen molar-refractivity contribution in [3.63, 3.8) is 0 Å². The Balaban J connectivity index is 3.15. The van der Waals surface area contributed by atoms with E-state index in [1.54, 1.807) is 6.92 Å². The molecule has 1 saturated heterocycles. The summed E-state index contributed by atoms with van der Waals surface area (Å²) in [7, 11) is 0. The molecule has 0 bridgehead atoms. The third-order valence-corrected chi connectivity index (χ3v) is 2.92. The fraction of sp³-hybridized carbons (Fsp3) is 0.714. The number of carbonyl (C=O) groups is 4. The average Bonchev–Trinajstić information content (AvgIpc) is 2.36. The van der Waals surface area contributed by atoms with Gasteiger partial charge in [0.05, 0.1) is 6.10 Å². The third-order valence-electron chi connectivity index (χ3n) is 2.92. The van der Waals surface area contributed by atoms with Crippen molar-refractivity contribution in [3.05, 3.63) is 0 Å². The molecule has 9 heteroatoms. The number of hydrogen-bond acceptors (Lipinski definition) is 9. The lowest BCUT2D eigenvalue weighted by molar-refractivity contribution is -0.292. The van der Waals surface area contributed by atoms with Gasteiger partial charge in [0.2, 0.25) is 12.4 Å². The van der Waals surface area contributed by atoms with Crippen molar-refractivity contribution in [1.82, 2.24) is 0 Å². The molecule has 0 N–H and O–H groups in total. The van der Waals surface area contributed by atoms with E-state index >= 15 is 0 Å². The predicted molar refractivity (Wildman–Crippen MR) is 72.8 cm³/mol. The zero-order valence-corrected chi connectivity index (χ0v) is 13.6. The highest BCUT2D eigenvalue weighted by Crippen LogP contribution is 2.29. The molecule has 0 aliphatic carbocycles. The quantitative estimate of drug-likeness (QED) is 0.521. The smallest absolute Gasteiger partial charge is 0.305 e. The Labute approximate surface area is 133 Å². The number of rotatable bonds is 4. The second-order valence-electron chi connectivity index (χ2n) is 5.04. The van der Waals surface area contributed by atoms with E-state index in [4.69, 9.17) is 23.7 Å². The van der Waals surface area contributed by atoms with Crippen molar-refractivity contribution in [2.45, 2.75) is 65.3 Å². The van der Waals surface area contributed by atoms with Crippen LogP contribution in [0.5, 0.6) is 0 Å². The van der Waals surface area contributed by atoms with Gasteiger partial charge in [0.1, 0.15) is 0 Å². The second-order valence-corrected chi connectivity index (χ2v) is 5.04. The summed E-state index contributed by atoms with van der Waals surface area (Å²) >= 11 is 0. The lowest BCUT2D eigenvalue weighted by Gasteiger charge is -2.42. The van der Waals surface area contributed by atoms with E-state index in [1.807, 2.05) is 0 Å². The molecular formula is C14H20O9. The number of hydrogen-bond donors (Lipinski definition) is 0. The molecule has 0 aromatic carbocycles. The van der Waals surface area contributed by atoms with Gasteiger partial charge >= 0.3 is 23.9 Å². The lowest BCUT2D eigenvalue weighted by atomic mass is 9.99. The van der Waals surface area contributed by atoms with Crippen molar-refractivity contribution in [3.8, 4) is 0 Å². The van der Waals surface area contributed by atoms with E-state index in [2.05, 4.69) is 0 Å².